The Labute approximate surface area is 122 Å². The van der Waals surface area contributed by atoms with E-state index in [1.54, 1.807) is 0 Å². The number of rotatable bonds is 3. The van der Waals surface area contributed by atoms with E-state index >= 15 is 0 Å². The summed E-state index contributed by atoms with van der Waals surface area (Å²) in [5, 5.41) is 4.36. The summed E-state index contributed by atoms with van der Waals surface area (Å²) in [4.78, 5) is 2.50. The van der Waals surface area contributed by atoms with Crippen LogP contribution in [0.3, 0.4) is 0 Å². The quantitative estimate of drug-likeness (QED) is 0.820. The maximum atomic E-state index is 6.23. The van der Waals surface area contributed by atoms with Gasteiger partial charge in [0, 0.05) is 28.7 Å². The van der Waals surface area contributed by atoms with Gasteiger partial charge < -0.3 is 5.32 Å². The number of nitrogens with one attached hydrogen (secondary N) is 1. The van der Waals surface area contributed by atoms with Crippen molar-refractivity contribution >= 4 is 39.9 Å². The van der Waals surface area contributed by atoms with Gasteiger partial charge in [-0.2, -0.15) is 0 Å². The number of nitrogens with zero attached hydrogens (tertiary/aromatic N) is 1. The molecule has 0 saturated carbocycles. The first-order valence-corrected chi connectivity index (χ1v) is 7.47. The largest absolute Gasteiger partial charge is 0.380 e. The number of hydrogen-bond donors (Lipinski definition) is 1. The van der Waals surface area contributed by atoms with E-state index in [1.807, 2.05) is 6.07 Å². The molecule has 17 heavy (non-hydrogen) atoms. The lowest BCUT2D eigenvalue weighted by Gasteiger charge is -2.21. The highest BCUT2D eigenvalue weighted by atomic mass is 127. The summed E-state index contributed by atoms with van der Waals surface area (Å²) in [6.07, 6.45) is 1.19. The number of benzene rings is 1. The van der Waals surface area contributed by atoms with E-state index in [2.05, 4.69) is 58.8 Å². The molecule has 1 N–H and O–H groups in total. The van der Waals surface area contributed by atoms with Crippen molar-refractivity contribution < 1.29 is 0 Å². The van der Waals surface area contributed by atoms with Gasteiger partial charge in [0.25, 0.3) is 0 Å². The molecular weight excluding hydrogens is 347 g/mol. The fourth-order valence-corrected chi connectivity index (χ4v) is 3.11. The molecule has 2 rings (SSSR count). The van der Waals surface area contributed by atoms with Gasteiger partial charge in [0.1, 0.15) is 0 Å². The third-order valence-electron chi connectivity index (χ3n) is 3.24. The molecule has 0 spiro atoms. The molecular formula is C13H18ClIN2. The Kier molecular flexibility index (Phi) is 4.55. The molecule has 4 heteroatoms. The van der Waals surface area contributed by atoms with Crippen LogP contribution in [-0.4, -0.2) is 30.1 Å². The molecule has 1 atom stereocenters. The van der Waals surface area contributed by atoms with E-state index in [4.69, 9.17) is 11.6 Å². The number of halogens is 2. The molecule has 0 radical (unpaired) electrons. The molecule has 1 fully saturated rings. The van der Waals surface area contributed by atoms with Crippen molar-refractivity contribution in [3.8, 4) is 0 Å². The molecule has 1 aromatic carbocycles. The van der Waals surface area contributed by atoms with E-state index < -0.39 is 0 Å². The van der Waals surface area contributed by atoms with Crippen LogP contribution in [0.2, 0.25) is 5.02 Å². The van der Waals surface area contributed by atoms with Crippen molar-refractivity contribution in [3.63, 3.8) is 0 Å². The zero-order valence-electron chi connectivity index (χ0n) is 10.2. The fraction of sp³-hybridized carbons (Fsp3) is 0.538. The number of likely N-dealkylation sites (tertiary alicyclic amines) is 1. The van der Waals surface area contributed by atoms with Gasteiger partial charge in [-0.25, -0.2) is 0 Å². The van der Waals surface area contributed by atoms with Crippen LogP contribution in [0.25, 0.3) is 0 Å². The van der Waals surface area contributed by atoms with Gasteiger partial charge in [-0.3, -0.25) is 4.90 Å². The van der Waals surface area contributed by atoms with Gasteiger partial charge in [0.15, 0.2) is 0 Å². The van der Waals surface area contributed by atoms with E-state index in [9.17, 15) is 0 Å². The molecule has 1 saturated heterocycles. The average molecular weight is 365 g/mol. The smallest absolute Gasteiger partial charge is 0.0648 e. The van der Waals surface area contributed by atoms with Crippen LogP contribution in [0.4, 0.5) is 5.69 Å². The summed E-state index contributed by atoms with van der Waals surface area (Å²) in [7, 11) is 0. The molecule has 0 aromatic heterocycles. The molecule has 94 valence electrons. The van der Waals surface area contributed by atoms with Crippen molar-refractivity contribution in [3.05, 3.63) is 26.8 Å². The van der Waals surface area contributed by atoms with Crippen molar-refractivity contribution in [1.29, 1.82) is 0 Å². The Bertz CT molecular complexity index is 395. The van der Waals surface area contributed by atoms with Crippen molar-refractivity contribution in [1.82, 2.24) is 4.90 Å². The van der Waals surface area contributed by atoms with Crippen LogP contribution in [0.15, 0.2) is 18.2 Å². The Balaban J connectivity index is 1.98. The maximum absolute atomic E-state index is 6.23. The normalized spacial score (nSPS) is 21.1. The van der Waals surface area contributed by atoms with Gasteiger partial charge in [0.05, 0.1) is 10.7 Å². The summed E-state index contributed by atoms with van der Waals surface area (Å²) in [5.41, 5.74) is 1.06. The van der Waals surface area contributed by atoms with E-state index in [-0.39, 0.29) is 0 Å². The number of anilines is 1. The summed E-state index contributed by atoms with van der Waals surface area (Å²) >= 11 is 8.50. The van der Waals surface area contributed by atoms with Crippen LogP contribution >= 0.6 is 34.2 Å². The molecule has 0 amide bonds. The molecule has 1 heterocycles. The van der Waals surface area contributed by atoms with Gasteiger partial charge in [-0.1, -0.05) is 11.6 Å². The zero-order valence-corrected chi connectivity index (χ0v) is 13.1. The summed E-state index contributed by atoms with van der Waals surface area (Å²) in [6.45, 7) is 6.79. The highest BCUT2D eigenvalue weighted by molar-refractivity contribution is 14.1. The predicted molar refractivity (Wildman–Crippen MR) is 82.9 cm³/mol. The summed E-state index contributed by atoms with van der Waals surface area (Å²) in [6, 6.07) is 7.31. The van der Waals surface area contributed by atoms with Crippen LogP contribution in [0.1, 0.15) is 20.3 Å². The Morgan fingerprint density at radius 2 is 2.24 bits per heavy atom. The lowest BCUT2D eigenvalue weighted by molar-refractivity contribution is 0.274. The topological polar surface area (TPSA) is 15.3 Å². The number of hydrogen-bond acceptors (Lipinski definition) is 2. The Hall–Kier alpha value is -0.0000000000000000555. The third kappa shape index (κ3) is 3.48. The Morgan fingerprint density at radius 1 is 1.47 bits per heavy atom. The lowest BCUT2D eigenvalue weighted by Crippen LogP contribution is -2.31. The monoisotopic (exact) mass is 364 g/mol. The van der Waals surface area contributed by atoms with Crippen molar-refractivity contribution in [2.24, 2.45) is 0 Å². The van der Waals surface area contributed by atoms with Crippen LogP contribution < -0.4 is 5.32 Å². The summed E-state index contributed by atoms with van der Waals surface area (Å²) in [5.74, 6) is 0. The fourth-order valence-electron chi connectivity index (χ4n) is 2.20. The van der Waals surface area contributed by atoms with Crippen LogP contribution in [-0.2, 0) is 0 Å². The van der Waals surface area contributed by atoms with Crippen molar-refractivity contribution in [2.45, 2.75) is 32.4 Å². The van der Waals surface area contributed by atoms with Gasteiger partial charge in [-0.05, 0) is 61.1 Å². The second-order valence-corrected chi connectivity index (χ2v) is 6.50. The third-order valence-corrected chi connectivity index (χ3v) is 4.22. The minimum absolute atomic E-state index is 0.523. The molecule has 2 nitrogen and oxygen atoms in total. The van der Waals surface area contributed by atoms with E-state index in [0.29, 0.717) is 12.1 Å². The van der Waals surface area contributed by atoms with Crippen LogP contribution in [0.5, 0.6) is 0 Å². The SMILES string of the molecule is CC(C)N1CCC(Nc2ccc(I)cc2Cl)C1. The molecule has 0 aliphatic carbocycles. The maximum Gasteiger partial charge on any atom is 0.0648 e. The molecule has 1 aliphatic rings. The minimum Gasteiger partial charge on any atom is -0.380 e. The predicted octanol–water partition coefficient (Wildman–Crippen LogP) is 3.84. The second kappa shape index (κ2) is 5.76. The van der Waals surface area contributed by atoms with Gasteiger partial charge in [0.2, 0.25) is 0 Å². The standard InChI is InChI=1S/C13H18ClIN2/c1-9(2)17-6-5-11(8-17)16-13-4-3-10(15)7-12(13)14/h3-4,7,9,11,16H,5-6,8H2,1-2H3. The molecule has 1 aliphatic heterocycles. The molecule has 1 unspecified atom stereocenters. The first-order chi connectivity index (χ1) is 8.06. The molecule has 1 aromatic rings. The average Bonchev–Trinajstić information content (AvgIpc) is 2.71. The first-order valence-electron chi connectivity index (χ1n) is 6.02. The van der Waals surface area contributed by atoms with Gasteiger partial charge >= 0.3 is 0 Å². The minimum atomic E-state index is 0.523. The zero-order chi connectivity index (χ0) is 12.4. The highest BCUT2D eigenvalue weighted by Crippen LogP contribution is 2.26. The van der Waals surface area contributed by atoms with Gasteiger partial charge in [-0.15, -0.1) is 0 Å². The van der Waals surface area contributed by atoms with E-state index in [1.165, 1.54) is 16.5 Å². The Morgan fingerprint density at radius 3 is 2.82 bits per heavy atom. The first kappa shape index (κ1) is 13.4. The second-order valence-electron chi connectivity index (χ2n) is 4.84. The highest BCUT2D eigenvalue weighted by Gasteiger charge is 2.24. The molecule has 0 bridgehead atoms. The van der Waals surface area contributed by atoms with Crippen LogP contribution in [0, 0.1) is 3.57 Å². The van der Waals surface area contributed by atoms with E-state index in [0.717, 1.165) is 17.3 Å². The summed E-state index contributed by atoms with van der Waals surface area (Å²) < 4.78 is 1.17. The van der Waals surface area contributed by atoms with Crippen molar-refractivity contribution in [2.75, 3.05) is 18.4 Å². The lowest BCUT2D eigenvalue weighted by atomic mass is 10.2.